The molecule has 0 bridgehead atoms. The number of nitrogens with zero attached hydrogens (tertiary/aromatic N) is 2. The molecule has 1 saturated heterocycles. The molecule has 0 radical (unpaired) electrons. The molecule has 1 aliphatic carbocycles. The summed E-state index contributed by atoms with van der Waals surface area (Å²) in [6.07, 6.45) is 2.09. The van der Waals surface area contributed by atoms with Gasteiger partial charge >= 0.3 is 12.1 Å². The maximum atomic E-state index is 12.6. The molecule has 0 aromatic carbocycles. The number of allylic oxidation sites excluding steroid dienone is 3. The van der Waals surface area contributed by atoms with Crippen molar-refractivity contribution in [2.75, 3.05) is 26.2 Å². The van der Waals surface area contributed by atoms with Crippen LogP contribution in [0, 0.1) is 5.41 Å². The number of halogens is 3. The highest BCUT2D eigenvalue weighted by atomic mass is 19.4. The lowest BCUT2D eigenvalue weighted by molar-refractivity contribution is -0.185. The van der Waals surface area contributed by atoms with E-state index in [2.05, 4.69) is 20.8 Å². The number of carbonyl (C=O) groups excluding carboxylic acids is 2. The van der Waals surface area contributed by atoms with E-state index in [9.17, 15) is 22.8 Å². The first-order valence-electron chi connectivity index (χ1n) is 9.06. The average molecular weight is 372 g/mol. The summed E-state index contributed by atoms with van der Waals surface area (Å²) in [6, 6.07) is 0. The number of carbonyl (C=O) groups is 2. The molecular formula is C19H27F3N2O2. The largest absolute Gasteiger partial charge is 0.471 e. The minimum absolute atomic E-state index is 0.0170. The van der Waals surface area contributed by atoms with Gasteiger partial charge < -0.3 is 9.80 Å². The minimum atomic E-state index is -4.87. The molecule has 0 atom stereocenters. The Morgan fingerprint density at radius 2 is 1.65 bits per heavy atom. The molecule has 0 saturated carbocycles. The highest BCUT2D eigenvalue weighted by molar-refractivity contribution is 5.88. The van der Waals surface area contributed by atoms with E-state index in [1.165, 1.54) is 22.1 Å². The smallest absolute Gasteiger partial charge is 0.337 e. The van der Waals surface area contributed by atoms with E-state index in [4.69, 9.17) is 0 Å². The molecule has 2 rings (SSSR count). The van der Waals surface area contributed by atoms with E-state index in [1.807, 2.05) is 6.08 Å². The minimum Gasteiger partial charge on any atom is -0.337 e. The van der Waals surface area contributed by atoms with Gasteiger partial charge in [-0.15, -0.1) is 0 Å². The fraction of sp³-hybridized carbons (Fsp3) is 0.684. The third-order valence-corrected chi connectivity index (χ3v) is 5.27. The summed E-state index contributed by atoms with van der Waals surface area (Å²) in [6.45, 7) is 6.79. The summed E-state index contributed by atoms with van der Waals surface area (Å²) in [5.74, 6) is -2.04. The number of rotatable bonds is 2. The summed E-state index contributed by atoms with van der Waals surface area (Å²) in [5, 5.41) is 0. The molecule has 26 heavy (non-hydrogen) atoms. The molecule has 146 valence electrons. The van der Waals surface area contributed by atoms with Gasteiger partial charge in [0.1, 0.15) is 0 Å². The Kier molecular flexibility index (Phi) is 6.19. The summed E-state index contributed by atoms with van der Waals surface area (Å²) in [7, 11) is 0. The second-order valence-electron chi connectivity index (χ2n) is 7.73. The number of hydrogen-bond acceptors (Lipinski definition) is 2. The van der Waals surface area contributed by atoms with Crippen LogP contribution in [0.25, 0.3) is 0 Å². The third-order valence-electron chi connectivity index (χ3n) is 5.27. The van der Waals surface area contributed by atoms with Gasteiger partial charge in [0, 0.05) is 32.3 Å². The van der Waals surface area contributed by atoms with Crippen LogP contribution in [-0.2, 0) is 9.59 Å². The normalized spacial score (nSPS) is 21.9. The Bertz CT molecular complexity index is 621. The standard InChI is InChI=1S/C19H27F3N2O2/c1-14-6-4-9-18(2,3)15(14)7-8-16(25)23-10-5-11-24(13-12-23)17(26)19(20,21)22/h7-8H,4-6,9-13H2,1-3H3/b8-7+. The van der Waals surface area contributed by atoms with E-state index < -0.39 is 12.1 Å². The Balaban J connectivity index is 2.01. The monoisotopic (exact) mass is 372 g/mol. The predicted molar refractivity (Wildman–Crippen MR) is 93.3 cm³/mol. The van der Waals surface area contributed by atoms with E-state index in [0.29, 0.717) is 13.0 Å². The van der Waals surface area contributed by atoms with Crippen LogP contribution >= 0.6 is 0 Å². The van der Waals surface area contributed by atoms with E-state index in [1.54, 1.807) is 0 Å². The molecule has 1 aliphatic heterocycles. The Morgan fingerprint density at radius 1 is 1.04 bits per heavy atom. The van der Waals surface area contributed by atoms with Crippen LogP contribution in [0.2, 0.25) is 0 Å². The SMILES string of the molecule is CC1=C(/C=C/C(=O)N2CCCN(C(=O)C(F)(F)F)CC2)C(C)(C)CCC1. The molecule has 2 aliphatic rings. The molecule has 4 nitrogen and oxygen atoms in total. The second kappa shape index (κ2) is 7.84. The van der Waals surface area contributed by atoms with Gasteiger partial charge in [-0.05, 0) is 43.6 Å². The topological polar surface area (TPSA) is 40.6 Å². The first kappa shape index (κ1) is 20.5. The second-order valence-corrected chi connectivity index (χ2v) is 7.73. The van der Waals surface area contributed by atoms with Gasteiger partial charge in [-0.25, -0.2) is 0 Å². The van der Waals surface area contributed by atoms with Crippen molar-refractivity contribution >= 4 is 11.8 Å². The maximum Gasteiger partial charge on any atom is 0.471 e. The zero-order valence-electron chi connectivity index (χ0n) is 15.7. The number of alkyl halides is 3. The van der Waals surface area contributed by atoms with Gasteiger partial charge in [-0.2, -0.15) is 13.2 Å². The van der Waals surface area contributed by atoms with Crippen LogP contribution in [0.5, 0.6) is 0 Å². The lowest BCUT2D eigenvalue weighted by Gasteiger charge is -2.33. The molecule has 0 N–H and O–H groups in total. The van der Waals surface area contributed by atoms with E-state index >= 15 is 0 Å². The molecule has 1 heterocycles. The Hall–Kier alpha value is -1.79. The zero-order chi connectivity index (χ0) is 19.5. The molecule has 0 aromatic heterocycles. The first-order valence-corrected chi connectivity index (χ1v) is 9.06. The zero-order valence-corrected chi connectivity index (χ0v) is 15.7. The van der Waals surface area contributed by atoms with Crippen molar-refractivity contribution in [3.05, 3.63) is 23.3 Å². The molecule has 0 spiro atoms. The van der Waals surface area contributed by atoms with Crippen LogP contribution in [-0.4, -0.2) is 54.0 Å². The number of amides is 2. The van der Waals surface area contributed by atoms with Crippen molar-refractivity contribution < 1.29 is 22.8 Å². The average Bonchev–Trinajstić information content (AvgIpc) is 2.78. The lowest BCUT2D eigenvalue weighted by atomic mass is 9.72. The van der Waals surface area contributed by atoms with Crippen LogP contribution in [0.4, 0.5) is 13.2 Å². The highest BCUT2D eigenvalue weighted by Crippen LogP contribution is 2.40. The van der Waals surface area contributed by atoms with Crippen LogP contribution in [0.15, 0.2) is 23.3 Å². The van der Waals surface area contributed by atoms with Crippen molar-refractivity contribution in [1.82, 2.24) is 9.80 Å². The predicted octanol–water partition coefficient (Wildman–Crippen LogP) is 3.69. The van der Waals surface area contributed by atoms with Gasteiger partial charge in [0.25, 0.3) is 0 Å². The van der Waals surface area contributed by atoms with Gasteiger partial charge in [-0.3, -0.25) is 9.59 Å². The molecule has 0 aromatic rings. The van der Waals surface area contributed by atoms with Gasteiger partial charge in [-0.1, -0.05) is 25.5 Å². The fourth-order valence-electron chi connectivity index (χ4n) is 3.79. The van der Waals surface area contributed by atoms with Crippen molar-refractivity contribution in [2.24, 2.45) is 5.41 Å². The van der Waals surface area contributed by atoms with Crippen LogP contribution in [0.3, 0.4) is 0 Å². The van der Waals surface area contributed by atoms with E-state index in [0.717, 1.165) is 24.2 Å². The summed E-state index contributed by atoms with van der Waals surface area (Å²) in [5.41, 5.74) is 2.47. The fourth-order valence-corrected chi connectivity index (χ4v) is 3.79. The van der Waals surface area contributed by atoms with Crippen molar-refractivity contribution in [2.45, 2.75) is 52.6 Å². The lowest BCUT2D eigenvalue weighted by Crippen LogP contribution is -2.43. The van der Waals surface area contributed by atoms with Crippen molar-refractivity contribution in [3.8, 4) is 0 Å². The van der Waals surface area contributed by atoms with Crippen molar-refractivity contribution in [3.63, 3.8) is 0 Å². The highest BCUT2D eigenvalue weighted by Gasteiger charge is 2.42. The summed E-state index contributed by atoms with van der Waals surface area (Å²) in [4.78, 5) is 26.1. The molecular weight excluding hydrogens is 345 g/mol. The maximum absolute atomic E-state index is 12.6. The quantitative estimate of drug-likeness (QED) is 0.694. The van der Waals surface area contributed by atoms with Crippen LogP contribution in [0.1, 0.15) is 46.5 Å². The third kappa shape index (κ3) is 4.89. The van der Waals surface area contributed by atoms with Gasteiger partial charge in [0.15, 0.2) is 0 Å². The van der Waals surface area contributed by atoms with E-state index in [-0.39, 0.29) is 31.0 Å². The first-order chi connectivity index (χ1) is 12.0. The Labute approximate surface area is 152 Å². The summed E-state index contributed by atoms with van der Waals surface area (Å²) < 4.78 is 37.7. The Morgan fingerprint density at radius 3 is 2.27 bits per heavy atom. The molecule has 1 fully saturated rings. The summed E-state index contributed by atoms with van der Waals surface area (Å²) >= 11 is 0. The molecule has 2 amide bonds. The van der Waals surface area contributed by atoms with Gasteiger partial charge in [0.05, 0.1) is 0 Å². The van der Waals surface area contributed by atoms with Crippen LogP contribution < -0.4 is 0 Å². The van der Waals surface area contributed by atoms with Crippen molar-refractivity contribution in [1.29, 1.82) is 0 Å². The molecule has 0 unspecified atom stereocenters. The van der Waals surface area contributed by atoms with Gasteiger partial charge in [0.2, 0.25) is 5.91 Å². The number of hydrogen-bond donors (Lipinski definition) is 0. The molecule has 7 heteroatoms.